The van der Waals surface area contributed by atoms with E-state index in [2.05, 4.69) is 29.6 Å². The quantitative estimate of drug-likeness (QED) is 0.344. The number of methoxy groups -OCH3 is 2. The van der Waals surface area contributed by atoms with Gasteiger partial charge in [-0.05, 0) is 55.7 Å². The first-order chi connectivity index (χ1) is 16.0. The summed E-state index contributed by atoms with van der Waals surface area (Å²) >= 11 is 6.38. The van der Waals surface area contributed by atoms with Gasteiger partial charge in [0.05, 0.1) is 24.6 Å². The Balaban J connectivity index is 1.55. The van der Waals surface area contributed by atoms with Gasteiger partial charge in [-0.3, -0.25) is 0 Å². The minimum absolute atomic E-state index is 0.588. The van der Waals surface area contributed by atoms with Crippen LogP contribution in [0.2, 0.25) is 5.02 Å². The molecule has 0 saturated carbocycles. The number of ether oxygens (including phenoxy) is 2. The van der Waals surface area contributed by atoms with Gasteiger partial charge in [0.15, 0.2) is 23.0 Å². The van der Waals surface area contributed by atoms with Crippen molar-refractivity contribution < 1.29 is 9.47 Å². The lowest BCUT2D eigenvalue weighted by Crippen LogP contribution is -2.05. The largest absolute Gasteiger partial charge is 0.493 e. The molecule has 5 rings (SSSR count). The minimum Gasteiger partial charge on any atom is -0.493 e. The van der Waals surface area contributed by atoms with Crippen LogP contribution in [0.15, 0.2) is 48.8 Å². The fourth-order valence-corrected chi connectivity index (χ4v) is 4.46. The highest BCUT2D eigenvalue weighted by Crippen LogP contribution is 2.31. The van der Waals surface area contributed by atoms with Crippen molar-refractivity contribution in [1.82, 2.24) is 24.1 Å². The molecular weight excluding hydrogens is 438 g/mol. The number of hydrogen-bond donors (Lipinski definition) is 0. The van der Waals surface area contributed by atoms with Crippen molar-refractivity contribution in [3.63, 3.8) is 0 Å². The van der Waals surface area contributed by atoms with E-state index in [0.29, 0.717) is 10.8 Å². The Labute approximate surface area is 196 Å². The van der Waals surface area contributed by atoms with Crippen LogP contribution in [0, 0.1) is 13.8 Å². The van der Waals surface area contributed by atoms with E-state index in [1.165, 1.54) is 0 Å². The molecule has 3 heterocycles. The number of nitrogens with zero attached hydrogens (tertiary/aromatic N) is 5. The lowest BCUT2D eigenvalue weighted by Gasteiger charge is -2.11. The fraction of sp³-hybridized carbons (Fsp3) is 0.240. The van der Waals surface area contributed by atoms with Gasteiger partial charge >= 0.3 is 0 Å². The molecule has 0 aliphatic heterocycles. The molecule has 0 aliphatic rings. The molecule has 0 saturated heterocycles. The number of fused-ring (bicyclic) bond motifs is 3. The molecule has 0 fully saturated rings. The van der Waals surface area contributed by atoms with E-state index in [1.54, 1.807) is 25.1 Å². The highest BCUT2D eigenvalue weighted by molar-refractivity contribution is 6.33. The Morgan fingerprint density at radius 2 is 1.76 bits per heavy atom. The van der Waals surface area contributed by atoms with Crippen LogP contribution in [0.3, 0.4) is 0 Å². The minimum atomic E-state index is 0.588. The summed E-state index contributed by atoms with van der Waals surface area (Å²) in [5.74, 6) is 2.05. The van der Waals surface area contributed by atoms with Crippen LogP contribution in [0.25, 0.3) is 28.1 Å². The van der Waals surface area contributed by atoms with Crippen LogP contribution in [0.4, 0.5) is 0 Å². The molecule has 5 aromatic rings. The maximum Gasteiger partial charge on any atom is 0.183 e. The highest BCUT2D eigenvalue weighted by Gasteiger charge is 2.19. The van der Waals surface area contributed by atoms with Crippen molar-refractivity contribution in [3.8, 4) is 22.9 Å². The van der Waals surface area contributed by atoms with Crippen LogP contribution < -0.4 is 9.47 Å². The molecule has 0 N–H and O–H groups in total. The monoisotopic (exact) mass is 461 g/mol. The number of hydrogen-bond acceptors (Lipinski definition) is 5. The first-order valence-electron chi connectivity index (χ1n) is 10.7. The van der Waals surface area contributed by atoms with Crippen LogP contribution in [0.5, 0.6) is 11.5 Å². The second kappa shape index (κ2) is 8.41. The van der Waals surface area contributed by atoms with Crippen molar-refractivity contribution in [2.45, 2.75) is 26.8 Å². The third-order valence-electron chi connectivity index (χ3n) is 6.13. The summed E-state index contributed by atoms with van der Waals surface area (Å²) in [6, 6.07) is 13.6. The lowest BCUT2D eigenvalue weighted by atomic mass is 10.1. The topological polar surface area (TPSA) is 66.5 Å². The molecule has 0 bridgehead atoms. The van der Waals surface area contributed by atoms with Crippen molar-refractivity contribution in [3.05, 3.63) is 70.6 Å². The average molecular weight is 462 g/mol. The van der Waals surface area contributed by atoms with E-state index < -0.39 is 0 Å². The summed E-state index contributed by atoms with van der Waals surface area (Å²) < 4.78 is 14.8. The molecule has 2 aromatic carbocycles. The van der Waals surface area contributed by atoms with Gasteiger partial charge < -0.3 is 14.0 Å². The second-order valence-electron chi connectivity index (χ2n) is 7.93. The van der Waals surface area contributed by atoms with Gasteiger partial charge in [0, 0.05) is 17.8 Å². The molecule has 0 unspecified atom stereocenters. The molecule has 0 amide bonds. The van der Waals surface area contributed by atoms with Crippen molar-refractivity contribution in [1.29, 1.82) is 0 Å². The zero-order valence-corrected chi connectivity index (χ0v) is 19.7. The van der Waals surface area contributed by atoms with E-state index >= 15 is 0 Å². The van der Waals surface area contributed by atoms with E-state index in [1.807, 2.05) is 36.4 Å². The third kappa shape index (κ3) is 3.58. The Kier molecular flexibility index (Phi) is 5.42. The van der Waals surface area contributed by atoms with E-state index in [-0.39, 0.29) is 0 Å². The summed E-state index contributed by atoms with van der Waals surface area (Å²) in [6.45, 7) is 5.00. The number of halogens is 1. The maximum absolute atomic E-state index is 6.38. The van der Waals surface area contributed by atoms with Gasteiger partial charge in [-0.25, -0.2) is 14.5 Å². The first kappa shape index (κ1) is 21.3. The van der Waals surface area contributed by atoms with Gasteiger partial charge in [0.1, 0.15) is 12.0 Å². The predicted octanol–water partition coefficient (Wildman–Crippen LogP) is 5.28. The maximum atomic E-state index is 6.38. The summed E-state index contributed by atoms with van der Waals surface area (Å²) in [6.07, 6.45) is 2.55. The predicted molar refractivity (Wildman–Crippen MR) is 129 cm³/mol. The molecule has 0 spiro atoms. The van der Waals surface area contributed by atoms with Crippen molar-refractivity contribution in [2.75, 3.05) is 14.2 Å². The number of rotatable bonds is 6. The summed E-state index contributed by atoms with van der Waals surface area (Å²) in [4.78, 5) is 9.57. The fourth-order valence-electron chi connectivity index (χ4n) is 4.24. The third-order valence-corrected chi connectivity index (χ3v) is 6.46. The Morgan fingerprint density at radius 3 is 2.52 bits per heavy atom. The van der Waals surface area contributed by atoms with Crippen molar-refractivity contribution in [2.24, 2.45) is 0 Å². The molecule has 168 valence electrons. The Morgan fingerprint density at radius 1 is 0.970 bits per heavy atom. The molecule has 0 aliphatic carbocycles. The second-order valence-corrected chi connectivity index (χ2v) is 8.34. The van der Waals surface area contributed by atoms with Gasteiger partial charge in [0.25, 0.3) is 0 Å². The standard InChI is InChI=1S/C25H24ClN5O2/c1-15-16(2)30(12-11-17-9-10-20(32-3)21(13-17)33-4)24-22(15)25-28-23(29-31(25)14-27-24)18-7-5-6-8-19(18)26/h5-10,13-14H,11-12H2,1-4H3. The number of aryl methyl sites for hydroxylation is 3. The van der Waals surface area contributed by atoms with Crippen LogP contribution in [-0.2, 0) is 13.0 Å². The molecule has 3 aromatic heterocycles. The van der Waals surface area contributed by atoms with Crippen LogP contribution in [-0.4, -0.2) is 38.4 Å². The van der Waals surface area contributed by atoms with Gasteiger partial charge in [-0.2, -0.15) is 0 Å². The number of aromatic nitrogens is 5. The molecule has 33 heavy (non-hydrogen) atoms. The van der Waals surface area contributed by atoms with E-state index in [9.17, 15) is 0 Å². The Bertz CT molecular complexity index is 1490. The zero-order valence-electron chi connectivity index (χ0n) is 19.0. The number of benzene rings is 2. The molecule has 8 heteroatoms. The smallest absolute Gasteiger partial charge is 0.183 e. The van der Waals surface area contributed by atoms with E-state index in [4.69, 9.17) is 31.0 Å². The van der Waals surface area contributed by atoms with Crippen molar-refractivity contribution >= 4 is 28.3 Å². The van der Waals surface area contributed by atoms with Crippen LogP contribution >= 0.6 is 11.6 Å². The molecule has 0 radical (unpaired) electrons. The van der Waals surface area contributed by atoms with E-state index in [0.717, 1.165) is 63.5 Å². The highest BCUT2D eigenvalue weighted by atomic mass is 35.5. The summed E-state index contributed by atoms with van der Waals surface area (Å²) in [5, 5.41) is 6.26. The molecule has 0 atom stereocenters. The Hall–Kier alpha value is -3.58. The average Bonchev–Trinajstić information content (AvgIpc) is 3.37. The summed E-state index contributed by atoms with van der Waals surface area (Å²) in [5.41, 5.74) is 5.95. The normalized spacial score (nSPS) is 11.4. The van der Waals surface area contributed by atoms with Gasteiger partial charge in [-0.15, -0.1) is 5.10 Å². The van der Waals surface area contributed by atoms with Gasteiger partial charge in [-0.1, -0.05) is 29.8 Å². The van der Waals surface area contributed by atoms with Crippen LogP contribution in [0.1, 0.15) is 16.8 Å². The first-order valence-corrected chi connectivity index (χ1v) is 11.1. The SMILES string of the molecule is COc1ccc(CCn2c(C)c(C)c3c2ncn2nc(-c4ccccc4Cl)nc32)cc1OC. The molecular formula is C25H24ClN5O2. The van der Waals surface area contributed by atoms with Gasteiger partial charge in [0.2, 0.25) is 0 Å². The summed E-state index contributed by atoms with van der Waals surface area (Å²) in [7, 11) is 3.29. The lowest BCUT2D eigenvalue weighted by molar-refractivity contribution is 0.354. The molecule has 7 nitrogen and oxygen atoms in total. The zero-order chi connectivity index (χ0) is 23.1.